The average Bonchev–Trinajstić information content (AvgIpc) is 2.73. The van der Waals surface area contributed by atoms with Crippen molar-refractivity contribution in [1.29, 1.82) is 0 Å². The third-order valence-corrected chi connectivity index (χ3v) is 5.90. The molecule has 0 aromatic heterocycles. The van der Waals surface area contributed by atoms with Crippen molar-refractivity contribution in [2.75, 3.05) is 57.3 Å². The van der Waals surface area contributed by atoms with E-state index < -0.39 is 0 Å². The van der Waals surface area contributed by atoms with E-state index in [9.17, 15) is 9.59 Å². The second kappa shape index (κ2) is 8.95. The highest BCUT2D eigenvalue weighted by Gasteiger charge is 2.26. The lowest BCUT2D eigenvalue weighted by Gasteiger charge is -2.38. The molecule has 6 heteroatoms. The van der Waals surface area contributed by atoms with E-state index in [1.165, 1.54) is 5.69 Å². The molecule has 2 fully saturated rings. The quantitative estimate of drug-likeness (QED) is 0.796. The predicted octanol–water partition coefficient (Wildman–Crippen LogP) is 2.16. The van der Waals surface area contributed by atoms with Crippen LogP contribution < -0.4 is 4.90 Å². The summed E-state index contributed by atoms with van der Waals surface area (Å²) in [5, 5.41) is 0. The molecule has 0 unspecified atom stereocenters. The van der Waals surface area contributed by atoms with Gasteiger partial charge in [0.2, 0.25) is 5.91 Å². The van der Waals surface area contributed by atoms with Gasteiger partial charge in [-0.1, -0.05) is 13.8 Å². The van der Waals surface area contributed by atoms with Crippen LogP contribution in [0.3, 0.4) is 0 Å². The van der Waals surface area contributed by atoms with E-state index in [1.807, 2.05) is 35.8 Å². The van der Waals surface area contributed by atoms with Gasteiger partial charge in [-0.25, -0.2) is 0 Å². The summed E-state index contributed by atoms with van der Waals surface area (Å²) in [6.45, 7) is 15.0. The van der Waals surface area contributed by atoms with Gasteiger partial charge in [0.1, 0.15) is 0 Å². The van der Waals surface area contributed by atoms with Crippen LogP contribution in [-0.2, 0) is 4.79 Å². The second-order valence-corrected chi connectivity index (χ2v) is 8.44. The second-order valence-electron chi connectivity index (χ2n) is 8.44. The Morgan fingerprint density at radius 3 is 1.79 bits per heavy atom. The monoisotopic (exact) mass is 386 g/mol. The van der Waals surface area contributed by atoms with Gasteiger partial charge in [-0.05, 0) is 38.1 Å². The van der Waals surface area contributed by atoms with E-state index in [0.29, 0.717) is 32.2 Å². The Kier molecular flexibility index (Phi) is 6.60. The first-order valence-electron chi connectivity index (χ1n) is 10.5. The molecule has 28 heavy (non-hydrogen) atoms. The number of piperazine rings is 2. The first-order chi connectivity index (χ1) is 13.4. The van der Waals surface area contributed by atoms with Crippen LogP contribution in [-0.4, -0.2) is 84.9 Å². The van der Waals surface area contributed by atoms with Crippen LogP contribution in [0.25, 0.3) is 0 Å². The molecular formula is C22H34N4O2. The van der Waals surface area contributed by atoms with Gasteiger partial charge in [0.05, 0.1) is 0 Å². The zero-order valence-electron chi connectivity index (χ0n) is 17.7. The summed E-state index contributed by atoms with van der Waals surface area (Å²) in [6, 6.07) is 8.61. The number of amides is 2. The molecule has 154 valence electrons. The molecule has 2 heterocycles. The molecule has 0 spiro atoms. The number of benzene rings is 1. The summed E-state index contributed by atoms with van der Waals surface area (Å²) in [6.07, 6.45) is 0. The zero-order chi connectivity index (χ0) is 20.3. The molecule has 0 saturated carbocycles. The first kappa shape index (κ1) is 20.6. The maximum Gasteiger partial charge on any atom is 0.253 e. The average molecular weight is 387 g/mol. The van der Waals surface area contributed by atoms with Crippen LogP contribution >= 0.6 is 0 Å². The van der Waals surface area contributed by atoms with E-state index in [4.69, 9.17) is 0 Å². The molecule has 0 radical (unpaired) electrons. The van der Waals surface area contributed by atoms with Crippen molar-refractivity contribution in [1.82, 2.24) is 14.7 Å². The third-order valence-electron chi connectivity index (χ3n) is 5.90. The molecule has 1 aromatic rings. The van der Waals surface area contributed by atoms with E-state index in [0.717, 1.165) is 31.7 Å². The molecule has 2 saturated heterocycles. The summed E-state index contributed by atoms with van der Waals surface area (Å²) >= 11 is 0. The lowest BCUT2D eigenvalue weighted by molar-refractivity contribution is -0.135. The molecular weight excluding hydrogens is 352 g/mol. The number of carbonyl (C=O) groups excluding carboxylic acids is 2. The van der Waals surface area contributed by atoms with Gasteiger partial charge < -0.3 is 14.7 Å². The lowest BCUT2D eigenvalue weighted by Crippen LogP contribution is -2.51. The van der Waals surface area contributed by atoms with Gasteiger partial charge in [0.15, 0.2) is 0 Å². The largest absolute Gasteiger partial charge is 0.369 e. The first-order valence-corrected chi connectivity index (χ1v) is 10.5. The van der Waals surface area contributed by atoms with Crippen molar-refractivity contribution in [3.63, 3.8) is 0 Å². The summed E-state index contributed by atoms with van der Waals surface area (Å²) in [4.78, 5) is 33.5. The van der Waals surface area contributed by atoms with Crippen LogP contribution in [0.1, 0.15) is 38.1 Å². The van der Waals surface area contributed by atoms with Crippen molar-refractivity contribution >= 4 is 17.5 Å². The summed E-state index contributed by atoms with van der Waals surface area (Å²) in [5.74, 6) is 0.249. The van der Waals surface area contributed by atoms with Crippen molar-refractivity contribution in [3.05, 3.63) is 29.8 Å². The highest BCUT2D eigenvalue weighted by Crippen LogP contribution is 2.19. The smallest absolute Gasteiger partial charge is 0.253 e. The van der Waals surface area contributed by atoms with Crippen molar-refractivity contribution in [2.24, 2.45) is 5.92 Å². The zero-order valence-corrected chi connectivity index (χ0v) is 17.7. The number of hydrogen-bond donors (Lipinski definition) is 0. The Hall–Kier alpha value is -2.08. The summed E-state index contributed by atoms with van der Waals surface area (Å²) in [5.41, 5.74) is 1.92. The molecule has 3 rings (SSSR count). The van der Waals surface area contributed by atoms with Crippen LogP contribution in [0.15, 0.2) is 24.3 Å². The van der Waals surface area contributed by atoms with Gasteiger partial charge in [-0.15, -0.1) is 0 Å². The van der Waals surface area contributed by atoms with Crippen LogP contribution in [0, 0.1) is 5.92 Å². The molecule has 2 amide bonds. The normalized spacial score (nSPS) is 18.9. The van der Waals surface area contributed by atoms with E-state index >= 15 is 0 Å². The van der Waals surface area contributed by atoms with Crippen molar-refractivity contribution in [2.45, 2.75) is 33.7 Å². The number of rotatable bonds is 4. The Bertz CT molecular complexity index is 670. The van der Waals surface area contributed by atoms with Crippen molar-refractivity contribution < 1.29 is 9.59 Å². The highest BCUT2D eigenvalue weighted by atomic mass is 16.2. The van der Waals surface area contributed by atoms with Crippen LogP contribution in [0.5, 0.6) is 0 Å². The Labute approximate surface area is 169 Å². The molecule has 2 aliphatic rings. The third kappa shape index (κ3) is 4.66. The number of carbonyl (C=O) groups is 2. The van der Waals surface area contributed by atoms with Gasteiger partial charge in [-0.2, -0.15) is 0 Å². The minimum absolute atomic E-state index is 0.0113. The molecule has 6 nitrogen and oxygen atoms in total. The minimum atomic E-state index is 0.0113. The van der Waals surface area contributed by atoms with Gasteiger partial charge in [0, 0.05) is 75.6 Å². The predicted molar refractivity (Wildman–Crippen MR) is 113 cm³/mol. The summed E-state index contributed by atoms with van der Waals surface area (Å²) < 4.78 is 0. The highest BCUT2D eigenvalue weighted by molar-refractivity contribution is 5.94. The maximum absolute atomic E-state index is 12.8. The number of anilines is 1. The van der Waals surface area contributed by atoms with E-state index in [1.54, 1.807) is 0 Å². The van der Waals surface area contributed by atoms with Gasteiger partial charge in [-0.3, -0.25) is 14.5 Å². The number of nitrogens with zero attached hydrogens (tertiary/aromatic N) is 4. The molecule has 0 bridgehead atoms. The molecule has 0 aliphatic carbocycles. The molecule has 1 aromatic carbocycles. The fraction of sp³-hybridized carbons (Fsp3) is 0.636. The van der Waals surface area contributed by atoms with Gasteiger partial charge in [0.25, 0.3) is 5.91 Å². The number of hydrogen-bond acceptors (Lipinski definition) is 4. The Morgan fingerprint density at radius 1 is 0.750 bits per heavy atom. The SMILES string of the molecule is CC(C)C(=O)N1CCN(C(=O)c2ccc(N3CCN(C(C)C)CC3)cc2)CC1. The lowest BCUT2D eigenvalue weighted by atomic mass is 10.1. The fourth-order valence-corrected chi connectivity index (χ4v) is 3.99. The van der Waals surface area contributed by atoms with E-state index in [-0.39, 0.29) is 17.7 Å². The fourth-order valence-electron chi connectivity index (χ4n) is 3.99. The minimum Gasteiger partial charge on any atom is -0.369 e. The molecule has 0 N–H and O–H groups in total. The molecule has 2 aliphatic heterocycles. The topological polar surface area (TPSA) is 47.1 Å². The Morgan fingerprint density at radius 2 is 1.29 bits per heavy atom. The Balaban J connectivity index is 1.54. The standard InChI is InChI=1S/C22H34N4O2/c1-17(2)21(27)25-13-15-26(16-14-25)22(28)19-5-7-20(8-6-19)24-11-9-23(10-12-24)18(3)4/h5-8,17-18H,9-16H2,1-4H3. The summed E-state index contributed by atoms with van der Waals surface area (Å²) in [7, 11) is 0. The van der Waals surface area contributed by atoms with Gasteiger partial charge >= 0.3 is 0 Å². The van der Waals surface area contributed by atoms with Crippen LogP contribution in [0.4, 0.5) is 5.69 Å². The maximum atomic E-state index is 12.8. The van der Waals surface area contributed by atoms with E-state index in [2.05, 4.69) is 35.8 Å². The van der Waals surface area contributed by atoms with Crippen LogP contribution in [0.2, 0.25) is 0 Å². The molecule has 0 atom stereocenters. The van der Waals surface area contributed by atoms with Crippen molar-refractivity contribution in [3.8, 4) is 0 Å².